The van der Waals surface area contributed by atoms with Crippen LogP contribution in [0.3, 0.4) is 0 Å². The Morgan fingerprint density at radius 1 is 1.17 bits per heavy atom. The number of nitrogens with one attached hydrogen (secondary N) is 1. The van der Waals surface area contributed by atoms with Crippen LogP contribution in [0.25, 0.3) is 6.08 Å². The van der Waals surface area contributed by atoms with Crippen molar-refractivity contribution >= 4 is 12.0 Å². The van der Waals surface area contributed by atoms with E-state index in [1.165, 1.54) is 27.4 Å². The van der Waals surface area contributed by atoms with Gasteiger partial charge in [0, 0.05) is 11.6 Å². The molecule has 0 bridgehead atoms. The fraction of sp³-hybridized carbons (Fsp3) is 0.250. The first kappa shape index (κ1) is 13.9. The topological polar surface area (TPSA) is 82.8 Å². The van der Waals surface area contributed by atoms with Gasteiger partial charge in [-0.1, -0.05) is 0 Å². The van der Waals surface area contributed by atoms with Crippen LogP contribution < -0.4 is 25.5 Å². The van der Waals surface area contributed by atoms with Crippen molar-refractivity contribution < 1.29 is 19.0 Å². The number of hydrogen-bond donors (Lipinski definition) is 2. The molecule has 0 unspecified atom stereocenters. The lowest BCUT2D eigenvalue weighted by atomic mass is 10.1. The summed E-state index contributed by atoms with van der Waals surface area (Å²) in [5, 5.41) is 0. The van der Waals surface area contributed by atoms with Crippen LogP contribution in [-0.4, -0.2) is 27.2 Å². The van der Waals surface area contributed by atoms with Crippen LogP contribution in [0.4, 0.5) is 0 Å². The number of rotatable bonds is 5. The van der Waals surface area contributed by atoms with Crippen molar-refractivity contribution in [3.05, 3.63) is 23.8 Å². The molecule has 0 heterocycles. The van der Waals surface area contributed by atoms with Crippen LogP contribution in [0.1, 0.15) is 5.56 Å². The molecule has 1 aromatic carbocycles. The summed E-state index contributed by atoms with van der Waals surface area (Å²) in [6.07, 6.45) is 2.87. The van der Waals surface area contributed by atoms with Gasteiger partial charge in [-0.05, 0) is 18.2 Å². The predicted octanol–water partition coefficient (Wildman–Crippen LogP) is 0.716. The molecule has 1 aromatic rings. The fourth-order valence-corrected chi connectivity index (χ4v) is 1.47. The highest BCUT2D eigenvalue weighted by Crippen LogP contribution is 2.40. The maximum Gasteiger partial charge on any atom is 0.257 e. The van der Waals surface area contributed by atoms with E-state index in [9.17, 15) is 4.79 Å². The van der Waals surface area contributed by atoms with Gasteiger partial charge in [0.05, 0.1) is 21.3 Å². The van der Waals surface area contributed by atoms with Crippen molar-refractivity contribution in [2.24, 2.45) is 5.84 Å². The molecule has 0 aliphatic heterocycles. The van der Waals surface area contributed by atoms with Crippen LogP contribution >= 0.6 is 0 Å². The molecule has 0 atom stereocenters. The van der Waals surface area contributed by atoms with Crippen molar-refractivity contribution in [3.63, 3.8) is 0 Å². The van der Waals surface area contributed by atoms with E-state index in [0.29, 0.717) is 22.8 Å². The van der Waals surface area contributed by atoms with Crippen molar-refractivity contribution in [1.29, 1.82) is 0 Å². The van der Waals surface area contributed by atoms with E-state index in [0.717, 1.165) is 0 Å². The molecule has 0 aliphatic rings. The molecule has 6 heteroatoms. The molecule has 1 rings (SSSR count). The highest BCUT2D eigenvalue weighted by molar-refractivity contribution is 5.91. The van der Waals surface area contributed by atoms with Gasteiger partial charge in [-0.15, -0.1) is 0 Å². The highest BCUT2D eigenvalue weighted by atomic mass is 16.5. The summed E-state index contributed by atoms with van der Waals surface area (Å²) in [5.74, 6) is 6.07. The maximum atomic E-state index is 11.0. The molecule has 0 radical (unpaired) electrons. The zero-order valence-corrected chi connectivity index (χ0v) is 10.5. The molecule has 0 saturated heterocycles. The lowest BCUT2D eigenvalue weighted by Crippen LogP contribution is -2.27. The zero-order chi connectivity index (χ0) is 13.5. The summed E-state index contributed by atoms with van der Waals surface area (Å²) >= 11 is 0. The second-order valence-corrected chi connectivity index (χ2v) is 3.27. The Morgan fingerprint density at radius 3 is 2.33 bits per heavy atom. The summed E-state index contributed by atoms with van der Waals surface area (Å²) < 4.78 is 15.6. The van der Waals surface area contributed by atoms with Gasteiger partial charge >= 0.3 is 0 Å². The van der Waals surface area contributed by atoms with E-state index >= 15 is 0 Å². The molecular weight excluding hydrogens is 236 g/mol. The van der Waals surface area contributed by atoms with Crippen molar-refractivity contribution in [1.82, 2.24) is 5.43 Å². The minimum Gasteiger partial charge on any atom is -0.493 e. The summed E-state index contributed by atoms with van der Waals surface area (Å²) in [6, 6.07) is 3.47. The molecule has 0 saturated carbocycles. The summed E-state index contributed by atoms with van der Waals surface area (Å²) in [6.45, 7) is 0. The second kappa shape index (κ2) is 6.51. The Hall–Kier alpha value is -2.21. The average molecular weight is 252 g/mol. The van der Waals surface area contributed by atoms with E-state index in [-0.39, 0.29) is 0 Å². The Labute approximate surface area is 105 Å². The largest absolute Gasteiger partial charge is 0.493 e. The van der Waals surface area contributed by atoms with Crippen LogP contribution in [0, 0.1) is 0 Å². The molecular formula is C12H16N2O4. The smallest absolute Gasteiger partial charge is 0.257 e. The van der Waals surface area contributed by atoms with E-state index in [2.05, 4.69) is 0 Å². The number of carbonyl (C=O) groups excluding carboxylic acids is 1. The number of nitrogens with two attached hydrogens (primary N) is 1. The van der Waals surface area contributed by atoms with Crippen LogP contribution in [0.2, 0.25) is 0 Å². The average Bonchev–Trinajstić information content (AvgIpc) is 2.43. The predicted molar refractivity (Wildman–Crippen MR) is 67.5 cm³/mol. The maximum absolute atomic E-state index is 11.0. The number of hydrazine groups is 1. The molecule has 6 nitrogen and oxygen atoms in total. The number of amides is 1. The molecule has 0 spiro atoms. The van der Waals surface area contributed by atoms with Gasteiger partial charge in [0.2, 0.25) is 5.75 Å². The van der Waals surface area contributed by atoms with E-state index in [1.807, 2.05) is 5.43 Å². The van der Waals surface area contributed by atoms with Gasteiger partial charge in [0.1, 0.15) is 0 Å². The van der Waals surface area contributed by atoms with Gasteiger partial charge in [-0.3, -0.25) is 10.2 Å². The normalized spacial score (nSPS) is 10.2. The SMILES string of the molecule is COc1ccc(C=CC(=O)NN)c(OC)c1OC. The van der Waals surface area contributed by atoms with Gasteiger partial charge in [0.15, 0.2) is 11.5 Å². The minimum absolute atomic E-state index is 0.410. The molecule has 0 fully saturated rings. The third-order valence-electron chi connectivity index (χ3n) is 2.29. The van der Waals surface area contributed by atoms with E-state index in [1.54, 1.807) is 18.2 Å². The molecule has 18 heavy (non-hydrogen) atoms. The molecule has 3 N–H and O–H groups in total. The van der Waals surface area contributed by atoms with E-state index in [4.69, 9.17) is 20.1 Å². The Morgan fingerprint density at radius 2 is 1.83 bits per heavy atom. The Bertz CT molecular complexity index is 458. The Kier molecular flexibility index (Phi) is 5.01. The first-order chi connectivity index (χ1) is 8.67. The van der Waals surface area contributed by atoms with E-state index < -0.39 is 5.91 Å². The highest BCUT2D eigenvalue weighted by Gasteiger charge is 2.14. The van der Waals surface area contributed by atoms with Crippen molar-refractivity contribution in [3.8, 4) is 17.2 Å². The number of benzene rings is 1. The zero-order valence-electron chi connectivity index (χ0n) is 10.5. The van der Waals surface area contributed by atoms with Crippen molar-refractivity contribution in [2.45, 2.75) is 0 Å². The summed E-state index contributed by atoms with van der Waals surface area (Å²) in [4.78, 5) is 11.0. The van der Waals surface area contributed by atoms with Gasteiger partial charge < -0.3 is 14.2 Å². The third-order valence-corrected chi connectivity index (χ3v) is 2.29. The molecule has 98 valence electrons. The lowest BCUT2D eigenvalue weighted by Gasteiger charge is -2.13. The van der Waals surface area contributed by atoms with Crippen LogP contribution in [-0.2, 0) is 4.79 Å². The van der Waals surface area contributed by atoms with Gasteiger partial charge in [-0.25, -0.2) is 5.84 Å². The monoisotopic (exact) mass is 252 g/mol. The first-order valence-corrected chi connectivity index (χ1v) is 5.15. The standard InChI is InChI=1S/C12H16N2O4/c1-16-9-6-4-8(5-7-10(15)14-13)11(17-2)12(9)18-3/h4-7H,13H2,1-3H3,(H,14,15). The number of carbonyl (C=O) groups is 1. The van der Waals surface area contributed by atoms with Gasteiger partial charge in [0.25, 0.3) is 5.91 Å². The third kappa shape index (κ3) is 2.92. The van der Waals surface area contributed by atoms with Crippen LogP contribution in [0.15, 0.2) is 18.2 Å². The first-order valence-electron chi connectivity index (χ1n) is 5.15. The van der Waals surface area contributed by atoms with Crippen LogP contribution in [0.5, 0.6) is 17.2 Å². The number of methoxy groups -OCH3 is 3. The summed E-state index contributed by atoms with van der Waals surface area (Å²) in [7, 11) is 4.56. The number of hydrogen-bond acceptors (Lipinski definition) is 5. The second-order valence-electron chi connectivity index (χ2n) is 3.27. The quantitative estimate of drug-likeness (QED) is 0.349. The molecule has 0 aromatic heterocycles. The molecule has 1 amide bonds. The number of ether oxygens (including phenoxy) is 3. The molecule has 0 aliphatic carbocycles. The fourth-order valence-electron chi connectivity index (χ4n) is 1.47. The van der Waals surface area contributed by atoms with Gasteiger partial charge in [-0.2, -0.15) is 0 Å². The lowest BCUT2D eigenvalue weighted by molar-refractivity contribution is -0.116. The summed E-state index contributed by atoms with van der Waals surface area (Å²) in [5.41, 5.74) is 2.68. The Balaban J connectivity index is 3.20. The minimum atomic E-state index is -0.410. The van der Waals surface area contributed by atoms with Crippen molar-refractivity contribution in [2.75, 3.05) is 21.3 Å².